The topological polar surface area (TPSA) is 38.3 Å². The number of anilines is 1. The highest BCUT2D eigenvalue weighted by Crippen LogP contribution is 2.28. The number of ether oxygens (including phenoxy) is 1. The van der Waals surface area contributed by atoms with Crippen molar-refractivity contribution in [3.05, 3.63) is 44.6 Å². The Labute approximate surface area is 118 Å². The molecule has 1 amide bonds. The third-order valence-electron chi connectivity index (χ3n) is 2.57. The van der Waals surface area contributed by atoms with Gasteiger partial charge in [-0.2, -0.15) is 0 Å². The van der Waals surface area contributed by atoms with Crippen LogP contribution in [0, 0.1) is 6.92 Å². The smallest absolute Gasteiger partial charge is 0.269 e. The number of amides is 1. The number of hydrogen-bond donors (Lipinski definition) is 1. The summed E-state index contributed by atoms with van der Waals surface area (Å²) in [5.41, 5.74) is 1.80. The molecule has 0 bridgehead atoms. The largest absolute Gasteiger partial charge is 0.495 e. The second kappa shape index (κ2) is 5.54. The first-order valence-corrected chi connectivity index (χ1v) is 6.98. The Kier molecular flexibility index (Phi) is 4.04. The Morgan fingerprint density at radius 1 is 1.39 bits per heavy atom. The zero-order valence-electron chi connectivity index (χ0n) is 9.99. The summed E-state index contributed by atoms with van der Waals surface area (Å²) in [5.74, 6) is 0.452. The fourth-order valence-electron chi connectivity index (χ4n) is 1.55. The summed E-state index contributed by atoms with van der Waals surface area (Å²) >= 11 is 4.80. The van der Waals surface area contributed by atoms with Crippen LogP contribution in [0.2, 0.25) is 0 Å². The number of thiophene rings is 1. The summed E-state index contributed by atoms with van der Waals surface area (Å²) in [6.45, 7) is 1.95. The van der Waals surface area contributed by atoms with Crippen molar-refractivity contribution in [3.8, 4) is 5.75 Å². The molecule has 5 heteroatoms. The molecule has 0 unspecified atom stereocenters. The van der Waals surface area contributed by atoms with E-state index in [1.807, 2.05) is 30.5 Å². The van der Waals surface area contributed by atoms with Gasteiger partial charge in [-0.25, -0.2) is 0 Å². The molecule has 18 heavy (non-hydrogen) atoms. The second-order valence-corrected chi connectivity index (χ2v) is 5.46. The normalized spacial score (nSPS) is 10.2. The fraction of sp³-hybridized carbons (Fsp3) is 0.154. The van der Waals surface area contributed by atoms with Crippen LogP contribution in [0.15, 0.2) is 34.1 Å². The van der Waals surface area contributed by atoms with Crippen molar-refractivity contribution in [2.24, 2.45) is 0 Å². The lowest BCUT2D eigenvalue weighted by Gasteiger charge is -2.09. The average molecular weight is 326 g/mol. The first kappa shape index (κ1) is 13.1. The van der Waals surface area contributed by atoms with Gasteiger partial charge >= 0.3 is 0 Å². The summed E-state index contributed by atoms with van der Waals surface area (Å²) in [5, 5.41) is 4.72. The molecule has 0 spiro atoms. The van der Waals surface area contributed by atoms with Crippen molar-refractivity contribution in [2.45, 2.75) is 6.92 Å². The van der Waals surface area contributed by atoms with E-state index in [0.717, 1.165) is 15.7 Å². The lowest BCUT2D eigenvalue weighted by atomic mass is 10.2. The van der Waals surface area contributed by atoms with E-state index in [9.17, 15) is 4.79 Å². The monoisotopic (exact) mass is 325 g/mol. The SMILES string of the molecule is COc1ccsc1C(=O)Nc1cccc(Br)c1C. The number of benzene rings is 1. The van der Waals surface area contributed by atoms with Crippen LogP contribution in [0.1, 0.15) is 15.2 Å². The van der Waals surface area contributed by atoms with E-state index in [0.29, 0.717) is 10.6 Å². The third-order valence-corrected chi connectivity index (χ3v) is 4.32. The number of halogens is 1. The Bertz CT molecular complexity index is 580. The molecular formula is C13H12BrNO2S. The number of nitrogens with one attached hydrogen (secondary N) is 1. The van der Waals surface area contributed by atoms with Crippen LogP contribution in [-0.4, -0.2) is 13.0 Å². The lowest BCUT2D eigenvalue weighted by molar-refractivity contribution is 0.102. The standard InChI is InChI=1S/C13H12BrNO2S/c1-8-9(14)4-3-5-10(8)15-13(16)12-11(17-2)6-7-18-12/h3-7H,1-2H3,(H,15,16). The van der Waals surface area contributed by atoms with Gasteiger partial charge in [0.1, 0.15) is 10.6 Å². The minimum absolute atomic E-state index is 0.150. The quantitative estimate of drug-likeness (QED) is 0.923. The van der Waals surface area contributed by atoms with E-state index in [1.165, 1.54) is 11.3 Å². The molecule has 94 valence electrons. The summed E-state index contributed by atoms with van der Waals surface area (Å²) in [4.78, 5) is 12.7. The Morgan fingerprint density at radius 3 is 2.89 bits per heavy atom. The Balaban J connectivity index is 2.24. The van der Waals surface area contributed by atoms with Gasteiger partial charge in [0.05, 0.1) is 7.11 Å². The van der Waals surface area contributed by atoms with Crippen molar-refractivity contribution < 1.29 is 9.53 Å². The van der Waals surface area contributed by atoms with Crippen molar-refractivity contribution in [3.63, 3.8) is 0 Å². The first-order valence-electron chi connectivity index (χ1n) is 5.31. The van der Waals surface area contributed by atoms with Crippen molar-refractivity contribution in [2.75, 3.05) is 12.4 Å². The van der Waals surface area contributed by atoms with Gasteiger partial charge in [-0.05, 0) is 36.1 Å². The summed E-state index contributed by atoms with van der Waals surface area (Å²) < 4.78 is 6.11. The molecule has 2 rings (SSSR count). The maximum Gasteiger partial charge on any atom is 0.269 e. The molecule has 1 heterocycles. The lowest BCUT2D eigenvalue weighted by Crippen LogP contribution is -2.12. The molecule has 0 saturated carbocycles. The zero-order valence-corrected chi connectivity index (χ0v) is 12.4. The number of carbonyl (C=O) groups excluding carboxylic acids is 1. The number of carbonyl (C=O) groups is 1. The van der Waals surface area contributed by atoms with E-state index < -0.39 is 0 Å². The molecule has 0 aliphatic carbocycles. The van der Waals surface area contributed by atoms with Gasteiger partial charge < -0.3 is 10.1 Å². The average Bonchev–Trinajstić information content (AvgIpc) is 2.83. The van der Waals surface area contributed by atoms with E-state index in [-0.39, 0.29) is 5.91 Å². The van der Waals surface area contributed by atoms with Gasteiger partial charge in [-0.15, -0.1) is 11.3 Å². The zero-order chi connectivity index (χ0) is 13.1. The minimum atomic E-state index is -0.150. The van der Waals surface area contributed by atoms with E-state index in [2.05, 4.69) is 21.2 Å². The van der Waals surface area contributed by atoms with Gasteiger partial charge in [0.2, 0.25) is 0 Å². The van der Waals surface area contributed by atoms with Gasteiger partial charge in [-0.1, -0.05) is 22.0 Å². The van der Waals surface area contributed by atoms with Crippen LogP contribution in [0.4, 0.5) is 5.69 Å². The van der Waals surface area contributed by atoms with Crippen LogP contribution in [0.5, 0.6) is 5.75 Å². The predicted molar refractivity (Wildman–Crippen MR) is 77.7 cm³/mol. The molecular weight excluding hydrogens is 314 g/mol. The summed E-state index contributed by atoms with van der Waals surface area (Å²) in [6, 6.07) is 7.49. The van der Waals surface area contributed by atoms with Crippen molar-refractivity contribution >= 4 is 38.9 Å². The molecule has 1 aromatic carbocycles. The van der Waals surface area contributed by atoms with Crippen molar-refractivity contribution in [1.29, 1.82) is 0 Å². The molecule has 0 radical (unpaired) electrons. The highest BCUT2D eigenvalue weighted by atomic mass is 79.9. The molecule has 1 N–H and O–H groups in total. The van der Waals surface area contributed by atoms with Crippen molar-refractivity contribution in [1.82, 2.24) is 0 Å². The van der Waals surface area contributed by atoms with Crippen LogP contribution in [0.25, 0.3) is 0 Å². The fourth-order valence-corrected chi connectivity index (χ4v) is 2.67. The first-order chi connectivity index (χ1) is 8.63. The molecule has 0 saturated heterocycles. The summed E-state index contributed by atoms with van der Waals surface area (Å²) in [6.07, 6.45) is 0. The molecule has 0 atom stereocenters. The number of hydrogen-bond acceptors (Lipinski definition) is 3. The van der Waals surface area contributed by atoms with Gasteiger partial charge in [0.15, 0.2) is 0 Å². The van der Waals surface area contributed by atoms with Gasteiger partial charge in [-0.3, -0.25) is 4.79 Å². The second-order valence-electron chi connectivity index (χ2n) is 3.68. The number of rotatable bonds is 3. The van der Waals surface area contributed by atoms with Crippen LogP contribution in [-0.2, 0) is 0 Å². The maximum absolute atomic E-state index is 12.1. The Morgan fingerprint density at radius 2 is 2.17 bits per heavy atom. The highest BCUT2D eigenvalue weighted by Gasteiger charge is 2.15. The minimum Gasteiger partial charge on any atom is -0.495 e. The molecule has 0 aliphatic heterocycles. The molecule has 0 aliphatic rings. The van der Waals surface area contributed by atoms with Crippen LogP contribution >= 0.6 is 27.3 Å². The van der Waals surface area contributed by atoms with E-state index in [1.54, 1.807) is 13.2 Å². The predicted octanol–water partition coefficient (Wildman–Crippen LogP) is 4.08. The molecule has 3 nitrogen and oxygen atoms in total. The van der Waals surface area contributed by atoms with Crippen LogP contribution in [0.3, 0.4) is 0 Å². The molecule has 1 aromatic heterocycles. The Hall–Kier alpha value is -1.33. The third kappa shape index (κ3) is 2.57. The maximum atomic E-state index is 12.1. The highest BCUT2D eigenvalue weighted by molar-refractivity contribution is 9.10. The van der Waals surface area contributed by atoms with Crippen LogP contribution < -0.4 is 10.1 Å². The molecule has 2 aromatic rings. The van der Waals surface area contributed by atoms with E-state index >= 15 is 0 Å². The van der Waals surface area contributed by atoms with Gasteiger partial charge in [0.25, 0.3) is 5.91 Å². The molecule has 0 fully saturated rings. The van der Waals surface area contributed by atoms with E-state index in [4.69, 9.17) is 4.74 Å². The number of methoxy groups -OCH3 is 1. The van der Waals surface area contributed by atoms with Gasteiger partial charge in [0, 0.05) is 10.2 Å². The summed E-state index contributed by atoms with van der Waals surface area (Å²) in [7, 11) is 1.56.